The van der Waals surface area contributed by atoms with Gasteiger partial charge in [0, 0.05) is 10.9 Å². The van der Waals surface area contributed by atoms with Crippen molar-refractivity contribution < 1.29 is 17.6 Å². The van der Waals surface area contributed by atoms with Crippen LogP contribution in [-0.2, 0) is 0 Å². The molecule has 2 rings (SSSR count). The zero-order chi connectivity index (χ0) is 11.3. The van der Waals surface area contributed by atoms with Crippen LogP contribution in [0.3, 0.4) is 0 Å². The minimum Gasteiger partial charge on any atom is -0.200 e. The summed E-state index contributed by atoms with van der Waals surface area (Å²) in [6.45, 7) is 0. The number of halogens is 5. The van der Waals surface area contributed by atoms with Gasteiger partial charge in [0.2, 0.25) is 0 Å². The van der Waals surface area contributed by atoms with Gasteiger partial charge in [-0.25, -0.2) is 0 Å². The fourth-order valence-electron chi connectivity index (χ4n) is 1.69. The molecular weight excluding hydrogens is 276 g/mol. The first-order chi connectivity index (χ1) is 6.84. The molecule has 1 saturated carbocycles. The fraction of sp³-hybridized carbons (Fsp3) is 0.400. The van der Waals surface area contributed by atoms with E-state index in [0.717, 1.165) is 0 Å². The van der Waals surface area contributed by atoms with E-state index in [0.29, 0.717) is 4.47 Å². The van der Waals surface area contributed by atoms with Crippen molar-refractivity contribution in [2.45, 2.75) is 24.2 Å². The standard InChI is InChI=1S/C10H7BrF4/c11-7-3-1-2-6(4-7)8-5-9(12,13)10(8,14)15/h1-4,8H,5H2. The molecule has 1 aromatic carbocycles. The van der Waals surface area contributed by atoms with Gasteiger partial charge < -0.3 is 0 Å². The zero-order valence-corrected chi connectivity index (χ0v) is 9.07. The number of rotatable bonds is 1. The van der Waals surface area contributed by atoms with Crippen molar-refractivity contribution in [1.82, 2.24) is 0 Å². The van der Waals surface area contributed by atoms with Crippen LogP contribution in [-0.4, -0.2) is 11.8 Å². The van der Waals surface area contributed by atoms with E-state index in [1.807, 2.05) is 0 Å². The van der Waals surface area contributed by atoms with Gasteiger partial charge in [0.25, 0.3) is 0 Å². The van der Waals surface area contributed by atoms with Crippen molar-refractivity contribution in [3.8, 4) is 0 Å². The minimum absolute atomic E-state index is 0.250. The van der Waals surface area contributed by atoms with Crippen LogP contribution in [0.4, 0.5) is 17.6 Å². The summed E-state index contributed by atoms with van der Waals surface area (Å²) in [5.41, 5.74) is 0.250. The Morgan fingerprint density at radius 2 is 1.87 bits per heavy atom. The number of benzene rings is 1. The van der Waals surface area contributed by atoms with Crippen LogP contribution < -0.4 is 0 Å². The molecule has 15 heavy (non-hydrogen) atoms. The molecule has 1 aliphatic carbocycles. The second-order valence-corrected chi connectivity index (χ2v) is 4.55. The van der Waals surface area contributed by atoms with Crippen molar-refractivity contribution in [2.24, 2.45) is 0 Å². The number of hydrogen-bond donors (Lipinski definition) is 0. The molecule has 0 saturated heterocycles. The largest absolute Gasteiger partial charge is 0.317 e. The number of hydrogen-bond acceptors (Lipinski definition) is 0. The molecule has 1 fully saturated rings. The lowest BCUT2D eigenvalue weighted by atomic mass is 9.73. The van der Waals surface area contributed by atoms with Gasteiger partial charge in [0.1, 0.15) is 0 Å². The quantitative estimate of drug-likeness (QED) is 0.677. The molecule has 0 bridgehead atoms. The van der Waals surface area contributed by atoms with Gasteiger partial charge in [-0.3, -0.25) is 0 Å². The van der Waals surface area contributed by atoms with Gasteiger partial charge in [0.15, 0.2) is 0 Å². The van der Waals surface area contributed by atoms with Gasteiger partial charge in [-0.1, -0.05) is 28.1 Å². The molecule has 0 nitrogen and oxygen atoms in total. The average Bonchev–Trinajstić information content (AvgIpc) is 2.14. The molecule has 1 atom stereocenters. The molecule has 0 aliphatic heterocycles. The Hall–Kier alpha value is -0.580. The van der Waals surface area contributed by atoms with Crippen LogP contribution in [0.15, 0.2) is 28.7 Å². The minimum atomic E-state index is -3.92. The maximum absolute atomic E-state index is 13.0. The smallest absolute Gasteiger partial charge is 0.200 e. The van der Waals surface area contributed by atoms with Gasteiger partial charge in [-0.05, 0) is 17.7 Å². The molecule has 0 aromatic heterocycles. The van der Waals surface area contributed by atoms with Crippen LogP contribution in [0.25, 0.3) is 0 Å². The third-order valence-electron chi connectivity index (χ3n) is 2.64. The Bertz CT molecular complexity index is 389. The Morgan fingerprint density at radius 1 is 1.20 bits per heavy atom. The van der Waals surface area contributed by atoms with Crippen LogP contribution in [0.1, 0.15) is 17.9 Å². The molecule has 0 spiro atoms. The van der Waals surface area contributed by atoms with Crippen LogP contribution in [0, 0.1) is 0 Å². The molecule has 0 radical (unpaired) electrons. The normalized spacial score (nSPS) is 27.1. The van der Waals surface area contributed by atoms with Gasteiger partial charge in [-0.15, -0.1) is 0 Å². The summed E-state index contributed by atoms with van der Waals surface area (Å²) in [4.78, 5) is 0. The summed E-state index contributed by atoms with van der Waals surface area (Å²) >= 11 is 3.12. The van der Waals surface area contributed by atoms with E-state index >= 15 is 0 Å². The van der Waals surface area contributed by atoms with E-state index in [9.17, 15) is 17.6 Å². The van der Waals surface area contributed by atoms with Crippen molar-refractivity contribution in [3.05, 3.63) is 34.3 Å². The summed E-state index contributed by atoms with van der Waals surface area (Å²) in [5.74, 6) is -9.15. The highest BCUT2D eigenvalue weighted by molar-refractivity contribution is 9.10. The maximum atomic E-state index is 13.0. The molecule has 0 N–H and O–H groups in total. The summed E-state index contributed by atoms with van der Waals surface area (Å²) in [6, 6.07) is 6.12. The van der Waals surface area contributed by atoms with Crippen molar-refractivity contribution >= 4 is 15.9 Å². The Balaban J connectivity index is 2.29. The Labute approximate surface area is 92.4 Å². The van der Waals surface area contributed by atoms with Gasteiger partial charge in [0.05, 0.1) is 5.92 Å². The van der Waals surface area contributed by atoms with E-state index < -0.39 is 24.2 Å². The van der Waals surface area contributed by atoms with E-state index in [-0.39, 0.29) is 5.56 Å². The van der Waals surface area contributed by atoms with Gasteiger partial charge >= 0.3 is 11.8 Å². The predicted octanol–water partition coefficient (Wildman–Crippen LogP) is 4.21. The molecule has 0 heterocycles. The van der Waals surface area contributed by atoms with Crippen molar-refractivity contribution in [3.63, 3.8) is 0 Å². The lowest BCUT2D eigenvalue weighted by Gasteiger charge is -2.44. The highest BCUT2D eigenvalue weighted by atomic mass is 79.9. The second-order valence-electron chi connectivity index (χ2n) is 3.64. The summed E-state index contributed by atoms with van der Waals surface area (Å²) in [5, 5.41) is 0. The SMILES string of the molecule is FC1(F)CC(c2cccc(Br)c2)C1(F)F. The van der Waals surface area contributed by atoms with E-state index in [4.69, 9.17) is 0 Å². The molecule has 1 aromatic rings. The Kier molecular flexibility index (Phi) is 2.33. The molecular formula is C10H7BrF4. The maximum Gasteiger partial charge on any atom is 0.317 e. The topological polar surface area (TPSA) is 0 Å². The fourth-order valence-corrected chi connectivity index (χ4v) is 2.11. The first-order valence-corrected chi connectivity index (χ1v) is 5.15. The average molecular weight is 283 g/mol. The lowest BCUT2D eigenvalue weighted by molar-refractivity contribution is -0.290. The van der Waals surface area contributed by atoms with Crippen molar-refractivity contribution in [1.29, 1.82) is 0 Å². The summed E-state index contributed by atoms with van der Waals surface area (Å²) in [7, 11) is 0. The Morgan fingerprint density at radius 3 is 2.33 bits per heavy atom. The lowest BCUT2D eigenvalue weighted by Crippen LogP contribution is -2.56. The van der Waals surface area contributed by atoms with E-state index in [1.54, 1.807) is 12.1 Å². The monoisotopic (exact) mass is 282 g/mol. The number of alkyl halides is 4. The second kappa shape index (κ2) is 3.20. The third kappa shape index (κ3) is 1.57. The highest BCUT2D eigenvalue weighted by Gasteiger charge is 2.71. The molecule has 1 aliphatic rings. The van der Waals surface area contributed by atoms with Crippen LogP contribution in [0.2, 0.25) is 0 Å². The molecule has 1 unspecified atom stereocenters. The van der Waals surface area contributed by atoms with Gasteiger partial charge in [-0.2, -0.15) is 17.6 Å². The summed E-state index contributed by atoms with van der Waals surface area (Å²) < 4.78 is 51.9. The van der Waals surface area contributed by atoms with Crippen LogP contribution in [0.5, 0.6) is 0 Å². The first kappa shape index (κ1) is 10.9. The van der Waals surface area contributed by atoms with E-state index in [2.05, 4.69) is 15.9 Å². The van der Waals surface area contributed by atoms with Crippen LogP contribution >= 0.6 is 15.9 Å². The molecule has 82 valence electrons. The van der Waals surface area contributed by atoms with E-state index in [1.165, 1.54) is 12.1 Å². The zero-order valence-electron chi connectivity index (χ0n) is 7.48. The first-order valence-electron chi connectivity index (χ1n) is 4.36. The third-order valence-corrected chi connectivity index (χ3v) is 3.13. The predicted molar refractivity (Wildman–Crippen MR) is 51.4 cm³/mol. The highest BCUT2D eigenvalue weighted by Crippen LogP contribution is 2.59. The molecule has 5 heteroatoms. The summed E-state index contributed by atoms with van der Waals surface area (Å²) in [6.07, 6.45) is -0.781. The van der Waals surface area contributed by atoms with Crippen molar-refractivity contribution in [2.75, 3.05) is 0 Å². The molecule has 0 amide bonds.